The van der Waals surface area contributed by atoms with Crippen LogP contribution in [0.5, 0.6) is 0 Å². The topological polar surface area (TPSA) is 86.8 Å². The number of hydrogen-bond donors (Lipinski definition) is 1. The molecule has 0 radical (unpaired) electrons. The van der Waals surface area contributed by atoms with E-state index in [0.717, 1.165) is 15.4 Å². The first kappa shape index (κ1) is 31.5. The van der Waals surface area contributed by atoms with E-state index in [1.807, 2.05) is 58.9 Å². The first-order valence-corrected chi connectivity index (χ1v) is 15.1. The number of amides is 2. The molecule has 3 rings (SSSR count). The fourth-order valence-corrected chi connectivity index (χ4v) is 6.08. The molecular formula is C30H35Cl2N3O4S. The van der Waals surface area contributed by atoms with E-state index in [4.69, 9.17) is 23.2 Å². The molecular weight excluding hydrogens is 569 g/mol. The summed E-state index contributed by atoms with van der Waals surface area (Å²) >= 11 is 12.7. The van der Waals surface area contributed by atoms with Crippen molar-refractivity contribution in [3.05, 3.63) is 94.0 Å². The number of halogens is 2. The molecule has 3 aromatic rings. The lowest BCUT2D eigenvalue weighted by atomic mass is 10.1. The van der Waals surface area contributed by atoms with Gasteiger partial charge in [0.2, 0.25) is 11.8 Å². The molecule has 0 spiro atoms. The van der Waals surface area contributed by atoms with Gasteiger partial charge in [-0.05, 0) is 63.9 Å². The van der Waals surface area contributed by atoms with E-state index in [9.17, 15) is 18.0 Å². The van der Waals surface area contributed by atoms with E-state index >= 15 is 0 Å². The summed E-state index contributed by atoms with van der Waals surface area (Å²) < 4.78 is 28.7. The van der Waals surface area contributed by atoms with E-state index in [2.05, 4.69) is 5.32 Å². The van der Waals surface area contributed by atoms with Crippen LogP contribution in [0.3, 0.4) is 0 Å². The number of benzene rings is 3. The molecule has 1 unspecified atom stereocenters. The average molecular weight is 605 g/mol. The Bertz CT molecular complexity index is 1440. The van der Waals surface area contributed by atoms with Crippen LogP contribution in [0, 0.1) is 6.92 Å². The Balaban J connectivity index is 2.10. The molecule has 7 nitrogen and oxygen atoms in total. The van der Waals surface area contributed by atoms with Gasteiger partial charge in [-0.15, -0.1) is 0 Å². The van der Waals surface area contributed by atoms with Gasteiger partial charge in [-0.25, -0.2) is 8.42 Å². The zero-order chi connectivity index (χ0) is 29.7. The van der Waals surface area contributed by atoms with E-state index in [-0.39, 0.29) is 33.1 Å². The van der Waals surface area contributed by atoms with Crippen molar-refractivity contribution in [1.82, 2.24) is 10.2 Å². The predicted octanol–water partition coefficient (Wildman–Crippen LogP) is 6.22. The van der Waals surface area contributed by atoms with Gasteiger partial charge in [0.15, 0.2) is 0 Å². The molecule has 0 aromatic heterocycles. The number of nitrogens with one attached hydrogen (secondary N) is 1. The Morgan fingerprint density at radius 1 is 0.925 bits per heavy atom. The number of anilines is 1. The highest BCUT2D eigenvalue weighted by Crippen LogP contribution is 2.35. The van der Waals surface area contributed by atoms with Crippen LogP contribution >= 0.6 is 23.2 Å². The summed E-state index contributed by atoms with van der Waals surface area (Å²) in [6.45, 7) is 8.87. The molecule has 1 N–H and O–H groups in total. The fraction of sp³-hybridized carbons (Fsp3) is 0.333. The Hall–Kier alpha value is -3.07. The summed E-state index contributed by atoms with van der Waals surface area (Å²) in [6, 6.07) is 19.2. The number of sulfonamides is 1. The van der Waals surface area contributed by atoms with Gasteiger partial charge in [0.05, 0.1) is 20.6 Å². The second kappa shape index (κ2) is 13.1. The highest BCUT2D eigenvalue weighted by atomic mass is 35.5. The fourth-order valence-electron chi connectivity index (χ4n) is 4.18. The second-order valence-electron chi connectivity index (χ2n) is 10.6. The van der Waals surface area contributed by atoms with Crippen LogP contribution in [-0.2, 0) is 26.2 Å². The molecule has 1 atom stereocenters. The van der Waals surface area contributed by atoms with Crippen molar-refractivity contribution >= 4 is 50.7 Å². The maximum absolute atomic E-state index is 14.1. The molecule has 2 amide bonds. The molecule has 0 aliphatic heterocycles. The Morgan fingerprint density at radius 3 is 2.12 bits per heavy atom. The van der Waals surface area contributed by atoms with Crippen molar-refractivity contribution in [2.75, 3.05) is 10.8 Å². The lowest BCUT2D eigenvalue weighted by Gasteiger charge is -2.35. The van der Waals surface area contributed by atoms with Gasteiger partial charge in [0.1, 0.15) is 12.6 Å². The summed E-state index contributed by atoms with van der Waals surface area (Å²) in [4.78, 5) is 28.9. The summed E-state index contributed by atoms with van der Waals surface area (Å²) in [7, 11) is -4.24. The monoisotopic (exact) mass is 603 g/mol. The third-order valence-corrected chi connectivity index (χ3v) is 8.75. The molecule has 214 valence electrons. The van der Waals surface area contributed by atoms with Gasteiger partial charge in [0.25, 0.3) is 10.0 Å². The molecule has 0 aliphatic carbocycles. The van der Waals surface area contributed by atoms with Crippen molar-refractivity contribution in [3.8, 4) is 0 Å². The van der Waals surface area contributed by atoms with Crippen molar-refractivity contribution in [1.29, 1.82) is 0 Å². The van der Waals surface area contributed by atoms with Crippen LogP contribution in [0.1, 0.15) is 45.2 Å². The van der Waals surface area contributed by atoms with Gasteiger partial charge >= 0.3 is 0 Å². The highest BCUT2D eigenvalue weighted by Gasteiger charge is 2.35. The van der Waals surface area contributed by atoms with Gasteiger partial charge in [-0.1, -0.05) is 84.2 Å². The van der Waals surface area contributed by atoms with E-state index in [1.165, 1.54) is 29.2 Å². The number of carbonyl (C=O) groups excluding carboxylic acids is 2. The predicted molar refractivity (Wildman–Crippen MR) is 161 cm³/mol. The Morgan fingerprint density at radius 2 is 1.55 bits per heavy atom. The van der Waals surface area contributed by atoms with Gasteiger partial charge < -0.3 is 10.2 Å². The molecule has 0 bridgehead atoms. The smallest absolute Gasteiger partial charge is 0.264 e. The van der Waals surface area contributed by atoms with Crippen LogP contribution in [0.4, 0.5) is 5.69 Å². The van der Waals surface area contributed by atoms with Crippen LogP contribution in [0.2, 0.25) is 10.0 Å². The van der Waals surface area contributed by atoms with E-state index in [0.29, 0.717) is 6.42 Å². The minimum absolute atomic E-state index is 0.000857. The number of carbonyl (C=O) groups is 2. The Labute approximate surface area is 247 Å². The highest BCUT2D eigenvalue weighted by molar-refractivity contribution is 7.92. The standard InChI is InChI=1S/C30H35Cl2N3O4S/c1-6-25(29(37)33-30(3,4)5)34(19-22-17-15-21(2)16-18-22)27(36)20-35(26-14-10-13-24(31)28(26)32)40(38,39)23-11-8-7-9-12-23/h7-18,25H,6,19-20H2,1-5H3,(H,33,37). The Kier molecular flexibility index (Phi) is 10.3. The summed E-state index contributed by atoms with van der Waals surface area (Å²) in [5.41, 5.74) is 1.39. The van der Waals surface area contributed by atoms with Crippen LogP contribution < -0.4 is 9.62 Å². The molecule has 3 aromatic carbocycles. The quantitative estimate of drug-likeness (QED) is 0.298. The lowest BCUT2D eigenvalue weighted by Crippen LogP contribution is -2.55. The number of aryl methyl sites for hydroxylation is 1. The largest absolute Gasteiger partial charge is 0.350 e. The summed E-state index contributed by atoms with van der Waals surface area (Å²) in [5, 5.41) is 3.10. The minimum atomic E-state index is -4.24. The van der Waals surface area contributed by atoms with Gasteiger partial charge in [-0.2, -0.15) is 0 Å². The van der Waals surface area contributed by atoms with Gasteiger partial charge in [0, 0.05) is 12.1 Å². The number of nitrogens with zero attached hydrogens (tertiary/aromatic N) is 2. The summed E-state index contributed by atoms with van der Waals surface area (Å²) in [6.07, 6.45) is 0.322. The van der Waals surface area contributed by atoms with Crippen molar-refractivity contribution in [2.24, 2.45) is 0 Å². The van der Waals surface area contributed by atoms with Crippen LogP contribution in [-0.4, -0.2) is 43.3 Å². The molecule has 10 heteroatoms. The number of hydrogen-bond acceptors (Lipinski definition) is 4. The maximum Gasteiger partial charge on any atom is 0.264 e. The minimum Gasteiger partial charge on any atom is -0.350 e. The van der Waals surface area contributed by atoms with E-state index < -0.39 is 34.1 Å². The van der Waals surface area contributed by atoms with Crippen molar-refractivity contribution < 1.29 is 18.0 Å². The maximum atomic E-state index is 14.1. The third kappa shape index (κ3) is 7.77. The van der Waals surface area contributed by atoms with E-state index in [1.54, 1.807) is 24.3 Å². The second-order valence-corrected chi connectivity index (χ2v) is 13.2. The third-order valence-electron chi connectivity index (χ3n) is 6.17. The lowest BCUT2D eigenvalue weighted by molar-refractivity contribution is -0.141. The van der Waals surface area contributed by atoms with Crippen molar-refractivity contribution in [3.63, 3.8) is 0 Å². The first-order valence-electron chi connectivity index (χ1n) is 12.9. The molecule has 40 heavy (non-hydrogen) atoms. The molecule has 0 aliphatic rings. The molecule has 0 heterocycles. The van der Waals surface area contributed by atoms with Crippen LogP contribution in [0.25, 0.3) is 0 Å². The molecule has 0 saturated carbocycles. The van der Waals surface area contributed by atoms with Gasteiger partial charge in [-0.3, -0.25) is 13.9 Å². The average Bonchev–Trinajstić information content (AvgIpc) is 2.89. The summed E-state index contributed by atoms with van der Waals surface area (Å²) in [5.74, 6) is -0.888. The number of rotatable bonds is 10. The van der Waals surface area contributed by atoms with Crippen LogP contribution in [0.15, 0.2) is 77.7 Å². The molecule has 0 fully saturated rings. The zero-order valence-corrected chi connectivity index (χ0v) is 25.6. The van der Waals surface area contributed by atoms with Crippen molar-refractivity contribution in [2.45, 2.75) is 64.1 Å². The molecule has 0 saturated heterocycles. The SMILES string of the molecule is CCC(C(=O)NC(C)(C)C)N(Cc1ccc(C)cc1)C(=O)CN(c1cccc(Cl)c1Cl)S(=O)(=O)c1ccccc1. The normalized spacial score (nSPS) is 12.5. The zero-order valence-electron chi connectivity index (χ0n) is 23.3. The first-order chi connectivity index (χ1) is 18.7.